The summed E-state index contributed by atoms with van der Waals surface area (Å²) < 4.78 is 0. The van der Waals surface area contributed by atoms with E-state index in [2.05, 4.69) is 17.2 Å². The van der Waals surface area contributed by atoms with Gasteiger partial charge in [-0.2, -0.15) is 0 Å². The van der Waals surface area contributed by atoms with Gasteiger partial charge in [0.1, 0.15) is 5.54 Å². The van der Waals surface area contributed by atoms with Crippen molar-refractivity contribution in [2.24, 2.45) is 5.73 Å². The van der Waals surface area contributed by atoms with E-state index in [-0.39, 0.29) is 12.5 Å². The molecule has 5 heteroatoms. The van der Waals surface area contributed by atoms with Gasteiger partial charge in [-0.1, -0.05) is 17.9 Å². The van der Waals surface area contributed by atoms with E-state index >= 15 is 0 Å². The highest BCUT2D eigenvalue weighted by atomic mass is 16.2. The Morgan fingerprint density at radius 1 is 1.38 bits per heavy atom. The Morgan fingerprint density at radius 2 is 2.05 bits per heavy atom. The molecule has 0 atom stereocenters. The standard InChI is InChI=1S/C16H20N2O3/c1-11-12(7-4-5-10-19)8-6-9-13(11)14(20)18-16(2,3)15(17)21/h6,8-9,19H,5,10H2,1-3H3,(H2,17,21)(H,18,20). The Kier molecular flexibility index (Phi) is 5.51. The van der Waals surface area contributed by atoms with Gasteiger partial charge in [-0.05, 0) is 38.5 Å². The number of hydrogen-bond acceptors (Lipinski definition) is 3. The van der Waals surface area contributed by atoms with Crippen molar-refractivity contribution in [1.82, 2.24) is 5.32 Å². The number of carbonyl (C=O) groups is 2. The van der Waals surface area contributed by atoms with E-state index in [9.17, 15) is 9.59 Å². The van der Waals surface area contributed by atoms with Crippen LogP contribution >= 0.6 is 0 Å². The Labute approximate surface area is 124 Å². The Balaban J connectivity index is 3.05. The van der Waals surface area contributed by atoms with E-state index in [1.54, 1.807) is 39.0 Å². The molecule has 0 aromatic heterocycles. The zero-order valence-corrected chi connectivity index (χ0v) is 12.5. The molecule has 0 unspecified atom stereocenters. The number of nitrogens with two attached hydrogens (primary N) is 1. The summed E-state index contributed by atoms with van der Waals surface area (Å²) in [6, 6.07) is 5.19. The zero-order chi connectivity index (χ0) is 16.0. The lowest BCUT2D eigenvalue weighted by atomic mass is 9.99. The van der Waals surface area contributed by atoms with Crippen molar-refractivity contribution in [1.29, 1.82) is 0 Å². The fourth-order valence-electron chi connectivity index (χ4n) is 1.64. The number of carbonyl (C=O) groups excluding carboxylic acids is 2. The number of nitrogens with one attached hydrogen (secondary N) is 1. The van der Waals surface area contributed by atoms with Crippen LogP contribution in [0.3, 0.4) is 0 Å². The van der Waals surface area contributed by atoms with Gasteiger partial charge < -0.3 is 16.2 Å². The molecule has 5 nitrogen and oxygen atoms in total. The van der Waals surface area contributed by atoms with Crippen molar-refractivity contribution in [3.8, 4) is 11.8 Å². The normalized spacial score (nSPS) is 10.5. The van der Waals surface area contributed by atoms with Gasteiger partial charge >= 0.3 is 0 Å². The van der Waals surface area contributed by atoms with E-state index in [0.29, 0.717) is 17.5 Å². The van der Waals surface area contributed by atoms with E-state index < -0.39 is 11.4 Å². The van der Waals surface area contributed by atoms with Crippen LogP contribution in [-0.4, -0.2) is 29.1 Å². The highest BCUT2D eigenvalue weighted by Gasteiger charge is 2.27. The smallest absolute Gasteiger partial charge is 0.252 e. The van der Waals surface area contributed by atoms with E-state index in [4.69, 9.17) is 10.8 Å². The number of amides is 2. The van der Waals surface area contributed by atoms with Crippen molar-refractivity contribution in [2.45, 2.75) is 32.7 Å². The van der Waals surface area contributed by atoms with Crippen molar-refractivity contribution in [2.75, 3.05) is 6.61 Å². The van der Waals surface area contributed by atoms with Crippen LogP contribution in [0.1, 0.15) is 41.8 Å². The summed E-state index contributed by atoms with van der Waals surface area (Å²) in [5, 5.41) is 11.3. The van der Waals surface area contributed by atoms with Gasteiger partial charge in [0.25, 0.3) is 5.91 Å². The van der Waals surface area contributed by atoms with E-state index in [1.807, 2.05) is 0 Å². The molecule has 0 aliphatic rings. The van der Waals surface area contributed by atoms with Gasteiger partial charge in [0.15, 0.2) is 0 Å². The van der Waals surface area contributed by atoms with Crippen LogP contribution in [0.4, 0.5) is 0 Å². The Hall–Kier alpha value is -2.32. The van der Waals surface area contributed by atoms with Gasteiger partial charge in [-0.25, -0.2) is 0 Å². The summed E-state index contributed by atoms with van der Waals surface area (Å²) in [6.45, 7) is 4.88. The molecule has 1 aromatic rings. The van der Waals surface area contributed by atoms with Gasteiger partial charge in [-0.3, -0.25) is 9.59 Å². The summed E-state index contributed by atoms with van der Waals surface area (Å²) in [4.78, 5) is 23.5. The second kappa shape index (κ2) is 6.91. The first kappa shape index (κ1) is 16.7. The Bertz CT molecular complexity index is 610. The van der Waals surface area contributed by atoms with Crippen LogP contribution in [0.25, 0.3) is 0 Å². The summed E-state index contributed by atoms with van der Waals surface area (Å²) in [5.41, 5.74) is 6.01. The first-order chi connectivity index (χ1) is 9.79. The zero-order valence-electron chi connectivity index (χ0n) is 12.5. The maximum Gasteiger partial charge on any atom is 0.252 e. The molecule has 0 radical (unpaired) electrons. The average molecular weight is 288 g/mol. The molecule has 0 aliphatic carbocycles. The topological polar surface area (TPSA) is 92.4 Å². The predicted octanol–water partition coefficient (Wildman–Crippen LogP) is 0.723. The fraction of sp³-hybridized carbons (Fsp3) is 0.375. The lowest BCUT2D eigenvalue weighted by Crippen LogP contribution is -2.53. The van der Waals surface area contributed by atoms with Crippen LogP contribution in [0.2, 0.25) is 0 Å². The summed E-state index contributed by atoms with van der Waals surface area (Å²) >= 11 is 0. The van der Waals surface area contributed by atoms with Crippen LogP contribution < -0.4 is 11.1 Å². The molecule has 0 aliphatic heterocycles. The number of primary amides is 1. The number of aliphatic hydroxyl groups is 1. The molecule has 0 heterocycles. The van der Waals surface area contributed by atoms with Crippen LogP contribution in [0.5, 0.6) is 0 Å². The van der Waals surface area contributed by atoms with Crippen LogP contribution in [0.15, 0.2) is 18.2 Å². The highest BCUT2D eigenvalue weighted by molar-refractivity contribution is 6.00. The molecule has 112 valence electrons. The minimum absolute atomic E-state index is 0.000967. The first-order valence-electron chi connectivity index (χ1n) is 6.61. The molecular weight excluding hydrogens is 268 g/mol. The van der Waals surface area contributed by atoms with Gasteiger partial charge in [0.2, 0.25) is 5.91 Å². The number of aliphatic hydroxyl groups excluding tert-OH is 1. The van der Waals surface area contributed by atoms with E-state index in [0.717, 1.165) is 5.56 Å². The second-order valence-corrected chi connectivity index (χ2v) is 5.20. The fourth-order valence-corrected chi connectivity index (χ4v) is 1.64. The van der Waals surface area contributed by atoms with Crippen molar-refractivity contribution in [3.05, 3.63) is 34.9 Å². The monoisotopic (exact) mass is 288 g/mol. The van der Waals surface area contributed by atoms with Gasteiger partial charge in [-0.15, -0.1) is 0 Å². The third-order valence-electron chi connectivity index (χ3n) is 3.08. The third kappa shape index (κ3) is 4.33. The number of benzene rings is 1. The molecule has 0 saturated carbocycles. The molecule has 1 aromatic carbocycles. The van der Waals surface area contributed by atoms with Crippen LogP contribution in [0, 0.1) is 18.8 Å². The van der Waals surface area contributed by atoms with Gasteiger partial charge in [0, 0.05) is 17.5 Å². The lowest BCUT2D eigenvalue weighted by Gasteiger charge is -2.22. The Morgan fingerprint density at radius 3 is 2.62 bits per heavy atom. The average Bonchev–Trinajstić information content (AvgIpc) is 2.40. The minimum atomic E-state index is -1.12. The second-order valence-electron chi connectivity index (χ2n) is 5.20. The van der Waals surface area contributed by atoms with Gasteiger partial charge in [0.05, 0.1) is 6.61 Å². The maximum absolute atomic E-state index is 12.3. The van der Waals surface area contributed by atoms with E-state index in [1.165, 1.54) is 0 Å². The van der Waals surface area contributed by atoms with Crippen LogP contribution in [-0.2, 0) is 4.79 Å². The van der Waals surface area contributed by atoms with Crippen molar-refractivity contribution < 1.29 is 14.7 Å². The van der Waals surface area contributed by atoms with Crippen molar-refractivity contribution >= 4 is 11.8 Å². The SMILES string of the molecule is Cc1c(C#CCCO)cccc1C(=O)NC(C)(C)C(N)=O. The first-order valence-corrected chi connectivity index (χ1v) is 6.61. The molecular formula is C16H20N2O3. The largest absolute Gasteiger partial charge is 0.395 e. The minimum Gasteiger partial charge on any atom is -0.395 e. The number of rotatable bonds is 4. The summed E-state index contributed by atoms with van der Waals surface area (Å²) in [6.07, 6.45) is 0.380. The summed E-state index contributed by atoms with van der Waals surface area (Å²) in [7, 11) is 0. The molecule has 2 amide bonds. The van der Waals surface area contributed by atoms with Crippen molar-refractivity contribution in [3.63, 3.8) is 0 Å². The summed E-state index contributed by atoms with van der Waals surface area (Å²) in [5.74, 6) is 4.75. The maximum atomic E-state index is 12.3. The quantitative estimate of drug-likeness (QED) is 0.713. The molecule has 4 N–H and O–H groups in total. The molecule has 0 fully saturated rings. The third-order valence-corrected chi connectivity index (χ3v) is 3.08. The highest BCUT2D eigenvalue weighted by Crippen LogP contribution is 2.14. The molecule has 21 heavy (non-hydrogen) atoms. The number of hydrogen-bond donors (Lipinski definition) is 3. The molecule has 1 rings (SSSR count). The molecule has 0 spiro atoms. The molecule has 0 bridgehead atoms. The molecule has 0 saturated heterocycles. The lowest BCUT2D eigenvalue weighted by molar-refractivity contribution is -0.122. The predicted molar refractivity (Wildman–Crippen MR) is 80.5 cm³/mol.